The maximum atomic E-state index is 10.0. The largest absolute Gasteiger partial charge is 2.00 e. The van der Waals surface area contributed by atoms with Gasteiger partial charge in [-0.15, -0.1) is 12.4 Å². The van der Waals surface area contributed by atoms with Gasteiger partial charge in [-0.1, -0.05) is 30.3 Å². The molecule has 3 aromatic rings. The quantitative estimate of drug-likeness (QED) is 0.243. The van der Waals surface area contributed by atoms with Crippen molar-refractivity contribution in [3.8, 4) is 0 Å². The Morgan fingerprint density at radius 1 is 0.897 bits per heavy atom. The van der Waals surface area contributed by atoms with Crippen molar-refractivity contribution in [2.24, 2.45) is 0 Å². The van der Waals surface area contributed by atoms with Crippen molar-refractivity contribution < 1.29 is 31.0 Å². The van der Waals surface area contributed by atoms with Gasteiger partial charge in [-0.05, 0) is 38.1 Å². The van der Waals surface area contributed by atoms with E-state index >= 15 is 0 Å². The summed E-state index contributed by atoms with van der Waals surface area (Å²) in [7, 11) is 0. The van der Waals surface area contributed by atoms with Crippen molar-refractivity contribution in [1.82, 2.24) is 0 Å². The van der Waals surface area contributed by atoms with Crippen molar-refractivity contribution in [1.29, 1.82) is 0 Å². The van der Waals surface area contributed by atoms with Crippen LogP contribution in [0.15, 0.2) is 90.7 Å². The van der Waals surface area contributed by atoms with Gasteiger partial charge in [-0.2, -0.15) is 30.3 Å². The Bertz CT molecular complexity index is 890. The number of carbonyl (C=O) groups excluding carboxylic acids is 1. The zero-order valence-electron chi connectivity index (χ0n) is 16.2. The predicted molar refractivity (Wildman–Crippen MR) is 114 cm³/mol. The van der Waals surface area contributed by atoms with E-state index in [9.17, 15) is 4.79 Å². The van der Waals surface area contributed by atoms with Gasteiger partial charge in [-0.25, -0.2) is 0 Å². The molecule has 0 saturated carbocycles. The average Bonchev–Trinajstić information content (AvgIpc) is 3.09. The zero-order valence-corrected chi connectivity index (χ0v) is 18.5. The fourth-order valence-corrected chi connectivity index (χ4v) is 2.93. The molecule has 0 aromatic heterocycles. The Balaban J connectivity index is 0.000000327. The van der Waals surface area contributed by atoms with Crippen LogP contribution in [0.3, 0.4) is 0 Å². The van der Waals surface area contributed by atoms with E-state index < -0.39 is 0 Å². The summed E-state index contributed by atoms with van der Waals surface area (Å²) in [6.07, 6.45) is 1.17. The summed E-state index contributed by atoms with van der Waals surface area (Å²) in [6, 6.07) is 30.1. The summed E-state index contributed by atoms with van der Waals surface area (Å²) in [5, 5.41) is 8.36. The molecular weight excluding hydrogens is 543 g/mol. The molecule has 0 amide bonds. The molecule has 0 spiro atoms. The number of benzene rings is 3. The molecule has 5 heteroatoms. The maximum absolute atomic E-state index is 10.0. The minimum Gasteiger partial charge on any atom is -0.512 e. The third-order valence-corrected chi connectivity index (χ3v) is 4.03. The third kappa shape index (κ3) is 5.82. The molecular formula is C24H22N2O2Pt. The fourth-order valence-electron chi connectivity index (χ4n) is 2.93. The van der Waals surface area contributed by atoms with Crippen LogP contribution in [-0.4, -0.2) is 10.9 Å². The normalized spacial score (nSPS) is 12.4. The molecule has 0 saturated heterocycles. The Morgan fingerprint density at radius 3 is 2.00 bits per heavy atom. The second-order valence-corrected chi connectivity index (χ2v) is 6.32. The number of fused-ring (bicyclic) bond motifs is 1. The third-order valence-electron chi connectivity index (χ3n) is 4.03. The summed E-state index contributed by atoms with van der Waals surface area (Å²) in [4.78, 5) is 14.4. The molecule has 29 heavy (non-hydrogen) atoms. The number of ketones is 1. The van der Waals surface area contributed by atoms with Crippen LogP contribution in [0, 0.1) is 12.7 Å². The van der Waals surface area contributed by atoms with Crippen LogP contribution >= 0.6 is 0 Å². The zero-order chi connectivity index (χ0) is 19.9. The van der Waals surface area contributed by atoms with Gasteiger partial charge in [-0.3, -0.25) is 4.79 Å². The number of nitrogens with zero attached hydrogens (tertiary/aromatic N) is 2. The minimum atomic E-state index is -0.125. The second-order valence-electron chi connectivity index (χ2n) is 6.32. The van der Waals surface area contributed by atoms with Gasteiger partial charge in [0.1, 0.15) is 0 Å². The molecule has 1 heterocycles. The maximum Gasteiger partial charge on any atom is 2.00 e. The Labute approximate surface area is 186 Å². The van der Waals surface area contributed by atoms with Crippen molar-refractivity contribution in [2.75, 3.05) is 9.80 Å². The van der Waals surface area contributed by atoms with E-state index in [-0.39, 0.29) is 32.6 Å². The van der Waals surface area contributed by atoms with Crippen molar-refractivity contribution >= 4 is 28.5 Å². The van der Waals surface area contributed by atoms with Crippen LogP contribution in [0.25, 0.3) is 0 Å². The molecule has 0 radical (unpaired) electrons. The Morgan fingerprint density at radius 2 is 1.48 bits per heavy atom. The predicted octanol–water partition coefficient (Wildman–Crippen LogP) is 5.93. The molecule has 4 nitrogen and oxygen atoms in total. The standard InChI is InChI=1S/C19H14N2.C5H8O2.Pt/c1-3-9-16(10-4-1)20-15-21(17-11-5-2-6-12-17)19-14-8-7-13-18(19)20;1-4(6)3-5(2)7;/h1-11,13-15H;3,6H,1-2H3;/q-2;;+2. The van der Waals surface area contributed by atoms with Crippen LogP contribution < -0.4 is 9.80 Å². The first kappa shape index (κ1) is 22.4. The molecule has 1 aliphatic rings. The SMILES string of the molecule is CC(=O)C=C(C)O.[Pt+2].[c-]1ccccc1N1[CH-]N(c2ccccc2)c2ccccc21. The van der Waals surface area contributed by atoms with Crippen LogP contribution in [-0.2, 0) is 25.9 Å². The van der Waals surface area contributed by atoms with Gasteiger partial charge in [0.2, 0.25) is 0 Å². The van der Waals surface area contributed by atoms with Gasteiger partial charge < -0.3 is 14.9 Å². The number of hydrogen-bond acceptors (Lipinski definition) is 4. The first-order valence-electron chi connectivity index (χ1n) is 8.98. The molecule has 150 valence electrons. The summed E-state index contributed by atoms with van der Waals surface area (Å²) < 4.78 is 0. The Kier molecular flexibility index (Phi) is 8.23. The molecule has 0 atom stereocenters. The van der Waals surface area contributed by atoms with Gasteiger partial charge in [0.15, 0.2) is 5.78 Å². The molecule has 1 N–H and O–H groups in total. The second kappa shape index (κ2) is 10.6. The van der Waals surface area contributed by atoms with Crippen molar-refractivity contribution in [3.05, 3.63) is 103 Å². The van der Waals surface area contributed by atoms with E-state index in [1.54, 1.807) is 0 Å². The Hall–Kier alpha value is -2.84. The van der Waals surface area contributed by atoms with Crippen LogP contribution in [0.4, 0.5) is 22.7 Å². The number of hydrogen-bond donors (Lipinski definition) is 1. The van der Waals surface area contributed by atoms with E-state index in [0.717, 1.165) is 11.4 Å². The minimum absolute atomic E-state index is 0. The number of aliphatic hydroxyl groups excluding tert-OH is 1. The van der Waals surface area contributed by atoms with Crippen LogP contribution in [0.2, 0.25) is 0 Å². The fraction of sp³-hybridized carbons (Fsp3) is 0.0833. The van der Waals surface area contributed by atoms with Gasteiger partial charge >= 0.3 is 21.1 Å². The van der Waals surface area contributed by atoms with Gasteiger partial charge in [0.25, 0.3) is 0 Å². The topological polar surface area (TPSA) is 43.8 Å². The van der Waals surface area contributed by atoms with Crippen LogP contribution in [0.5, 0.6) is 0 Å². The van der Waals surface area contributed by atoms with E-state index in [4.69, 9.17) is 5.11 Å². The average molecular weight is 566 g/mol. The smallest absolute Gasteiger partial charge is 0.512 e. The number of carbonyl (C=O) groups is 1. The number of aliphatic hydroxyl groups is 1. The van der Waals surface area contributed by atoms with E-state index in [0.29, 0.717) is 0 Å². The number of para-hydroxylation sites is 4. The van der Waals surface area contributed by atoms with Crippen LogP contribution in [0.1, 0.15) is 13.8 Å². The number of anilines is 4. The van der Waals surface area contributed by atoms with E-state index in [1.165, 1.54) is 31.3 Å². The first-order valence-corrected chi connectivity index (χ1v) is 8.98. The summed E-state index contributed by atoms with van der Waals surface area (Å²) >= 11 is 0. The molecule has 0 bridgehead atoms. The first-order chi connectivity index (χ1) is 13.6. The summed E-state index contributed by atoms with van der Waals surface area (Å²) in [6.45, 7) is 4.97. The van der Waals surface area contributed by atoms with Crippen molar-refractivity contribution in [2.45, 2.75) is 13.8 Å². The molecule has 0 aliphatic carbocycles. The summed E-state index contributed by atoms with van der Waals surface area (Å²) in [5.74, 6) is -0.0625. The number of rotatable bonds is 3. The summed E-state index contributed by atoms with van der Waals surface area (Å²) in [5.41, 5.74) is 4.55. The molecule has 1 aliphatic heterocycles. The number of allylic oxidation sites excluding steroid dienone is 2. The molecule has 3 aromatic carbocycles. The molecule has 0 fully saturated rings. The van der Waals surface area contributed by atoms with Crippen molar-refractivity contribution in [3.63, 3.8) is 0 Å². The van der Waals surface area contributed by atoms with E-state index in [1.807, 2.05) is 24.3 Å². The monoisotopic (exact) mass is 565 g/mol. The van der Waals surface area contributed by atoms with Gasteiger partial charge in [0, 0.05) is 23.1 Å². The molecule has 4 rings (SSSR count). The van der Waals surface area contributed by atoms with Gasteiger partial charge in [0.05, 0.1) is 5.76 Å². The molecule has 0 unspecified atom stereocenters. The van der Waals surface area contributed by atoms with E-state index in [2.05, 4.69) is 77.1 Å².